The van der Waals surface area contributed by atoms with Crippen molar-refractivity contribution in [2.75, 3.05) is 24.9 Å². The van der Waals surface area contributed by atoms with E-state index in [1.165, 1.54) is 18.7 Å². The van der Waals surface area contributed by atoms with Crippen molar-refractivity contribution in [3.8, 4) is 0 Å². The lowest BCUT2D eigenvalue weighted by Gasteiger charge is -2.23. The molecule has 1 amide bonds. The molecule has 4 atom stereocenters. The minimum atomic E-state index is -3.85. The van der Waals surface area contributed by atoms with Gasteiger partial charge in [-0.15, -0.1) is 11.8 Å². The topological polar surface area (TPSA) is 125 Å². The van der Waals surface area contributed by atoms with Crippen molar-refractivity contribution in [3.05, 3.63) is 0 Å². The highest BCUT2D eigenvalue weighted by atomic mass is 32.2. The van der Waals surface area contributed by atoms with E-state index in [-0.39, 0.29) is 5.91 Å². The first-order valence-electron chi connectivity index (χ1n) is 6.69. The van der Waals surface area contributed by atoms with Crippen LogP contribution in [0.4, 0.5) is 0 Å². The molecule has 23 heavy (non-hydrogen) atoms. The maximum Gasteiger partial charge on any atom is 0.264 e. The molecule has 1 aliphatic heterocycles. The Labute approximate surface area is 140 Å². The number of hydrogen-bond donors (Lipinski definition) is 1. The molecule has 1 N–H and O–H groups in total. The number of carbonyl (C=O) groups excluding carboxylic acids is 1. The van der Waals surface area contributed by atoms with E-state index in [0.29, 0.717) is 5.75 Å². The molecule has 12 heteroatoms. The first-order chi connectivity index (χ1) is 10.4. The van der Waals surface area contributed by atoms with Crippen LogP contribution in [0.2, 0.25) is 0 Å². The predicted octanol–water partition coefficient (Wildman–Crippen LogP) is -0.710. The number of hydrogen-bond acceptors (Lipinski definition) is 9. The van der Waals surface area contributed by atoms with Gasteiger partial charge in [0.05, 0.1) is 25.2 Å². The number of amides is 1. The van der Waals surface area contributed by atoms with Crippen molar-refractivity contribution < 1.29 is 34.7 Å². The summed E-state index contributed by atoms with van der Waals surface area (Å²) in [5.74, 6) is 0.263. The predicted molar refractivity (Wildman–Crippen MR) is 84.9 cm³/mol. The Hall–Kier alpha value is -0.400. The van der Waals surface area contributed by atoms with Gasteiger partial charge >= 0.3 is 0 Å². The van der Waals surface area contributed by atoms with Crippen LogP contribution in [0.25, 0.3) is 0 Å². The zero-order valence-corrected chi connectivity index (χ0v) is 15.7. The molecule has 1 fully saturated rings. The molecule has 1 saturated heterocycles. The summed E-state index contributed by atoms with van der Waals surface area (Å²) in [5, 5.41) is 2.60. The van der Waals surface area contributed by atoms with E-state index in [1.807, 2.05) is 6.92 Å². The molecule has 0 aliphatic carbocycles. The van der Waals surface area contributed by atoms with E-state index in [9.17, 15) is 21.6 Å². The van der Waals surface area contributed by atoms with E-state index in [2.05, 4.69) is 9.50 Å². The van der Waals surface area contributed by atoms with Crippen LogP contribution in [0.3, 0.4) is 0 Å². The normalized spacial score (nSPS) is 28.7. The molecule has 1 aliphatic rings. The van der Waals surface area contributed by atoms with Crippen LogP contribution in [0.5, 0.6) is 0 Å². The first kappa shape index (κ1) is 20.6. The Morgan fingerprint density at radius 1 is 1.22 bits per heavy atom. The molecule has 136 valence electrons. The van der Waals surface area contributed by atoms with Crippen molar-refractivity contribution in [3.63, 3.8) is 0 Å². The molecule has 0 radical (unpaired) electrons. The summed E-state index contributed by atoms with van der Waals surface area (Å²) in [6.07, 6.45) is -0.301. The second-order valence-electron chi connectivity index (χ2n) is 4.98. The highest BCUT2D eigenvalue weighted by Crippen LogP contribution is 2.32. The maximum atomic E-state index is 11.5. The molecule has 0 bridgehead atoms. The number of thioether (sulfide) groups is 1. The third-order valence-corrected chi connectivity index (χ3v) is 4.96. The third-order valence-electron chi connectivity index (χ3n) is 2.76. The van der Waals surface area contributed by atoms with Crippen molar-refractivity contribution in [2.24, 2.45) is 0 Å². The molecule has 0 aromatic carbocycles. The zero-order valence-electron chi connectivity index (χ0n) is 13.2. The van der Waals surface area contributed by atoms with Gasteiger partial charge in [-0.3, -0.25) is 13.2 Å². The molecule has 0 spiro atoms. The lowest BCUT2D eigenvalue weighted by atomic mass is 10.1. The van der Waals surface area contributed by atoms with Gasteiger partial charge in [-0.1, -0.05) is 6.92 Å². The minimum Gasteiger partial charge on any atom is -0.357 e. The quantitative estimate of drug-likeness (QED) is 0.534. The van der Waals surface area contributed by atoms with Gasteiger partial charge in [0.2, 0.25) is 5.91 Å². The number of carbonyl (C=O) groups is 1. The lowest BCUT2D eigenvalue weighted by Crippen LogP contribution is -2.48. The van der Waals surface area contributed by atoms with Crippen molar-refractivity contribution in [1.29, 1.82) is 0 Å². The summed E-state index contributed by atoms with van der Waals surface area (Å²) in [4.78, 5) is 11.4. The van der Waals surface area contributed by atoms with Gasteiger partial charge in [-0.25, -0.2) is 0 Å². The molecular weight excluding hydrogens is 370 g/mol. The fraction of sp³-hybridized carbons (Fsp3) is 0.909. The van der Waals surface area contributed by atoms with E-state index in [0.717, 1.165) is 12.5 Å². The minimum absolute atomic E-state index is 0.382. The zero-order chi connectivity index (χ0) is 17.8. The van der Waals surface area contributed by atoms with Crippen molar-refractivity contribution >= 4 is 37.9 Å². The summed E-state index contributed by atoms with van der Waals surface area (Å²) in [6.45, 7) is 2.74. The Morgan fingerprint density at radius 3 is 2.26 bits per heavy atom. The Morgan fingerprint density at radius 2 is 1.83 bits per heavy atom. The van der Waals surface area contributed by atoms with Gasteiger partial charge in [0, 0.05) is 6.92 Å². The van der Waals surface area contributed by atoms with Crippen molar-refractivity contribution in [1.82, 2.24) is 5.32 Å². The van der Waals surface area contributed by atoms with Crippen molar-refractivity contribution in [2.45, 2.75) is 37.5 Å². The summed E-state index contributed by atoms with van der Waals surface area (Å²) >= 11 is 1.34. The standard InChI is InChI=1S/C11H21NO8S3/c1-5-21-11-9(12-7(2)13)10(20-23(4,16)17)8(19-11)6-18-22(3,14)15/h8-11H,5-6H2,1-4H3,(H,12,13). The van der Waals surface area contributed by atoms with Gasteiger partial charge in [0.15, 0.2) is 0 Å². The number of ether oxygens (including phenoxy) is 1. The third kappa shape index (κ3) is 7.35. The van der Waals surface area contributed by atoms with Crippen LogP contribution in [0, 0.1) is 0 Å². The summed E-state index contributed by atoms with van der Waals surface area (Å²) in [7, 11) is -7.58. The van der Waals surface area contributed by atoms with Crippen LogP contribution in [0.15, 0.2) is 0 Å². The second kappa shape index (κ2) is 8.12. The molecule has 4 unspecified atom stereocenters. The lowest BCUT2D eigenvalue weighted by molar-refractivity contribution is -0.120. The van der Waals surface area contributed by atoms with Gasteiger partial charge in [-0.2, -0.15) is 16.8 Å². The van der Waals surface area contributed by atoms with Crippen LogP contribution >= 0.6 is 11.8 Å². The first-order valence-corrected chi connectivity index (χ1v) is 11.4. The largest absolute Gasteiger partial charge is 0.357 e. The molecular formula is C11H21NO8S3. The summed E-state index contributed by atoms with van der Waals surface area (Å²) in [6, 6.07) is -0.750. The fourth-order valence-electron chi connectivity index (χ4n) is 2.06. The molecule has 9 nitrogen and oxygen atoms in total. The Balaban J connectivity index is 3.02. The van der Waals surface area contributed by atoms with Gasteiger partial charge in [0.25, 0.3) is 20.2 Å². The highest BCUT2D eigenvalue weighted by Gasteiger charge is 2.48. The molecule has 1 rings (SSSR count). The Kier molecular flexibility index (Phi) is 7.29. The van der Waals surface area contributed by atoms with Gasteiger partial charge in [0.1, 0.15) is 17.6 Å². The molecule has 0 saturated carbocycles. The van der Waals surface area contributed by atoms with E-state index >= 15 is 0 Å². The van der Waals surface area contributed by atoms with Gasteiger partial charge in [-0.05, 0) is 5.75 Å². The molecule has 0 aromatic rings. The van der Waals surface area contributed by atoms with E-state index in [1.54, 1.807) is 0 Å². The number of nitrogens with one attached hydrogen (secondary N) is 1. The summed E-state index contributed by atoms with van der Waals surface area (Å²) in [5.41, 5.74) is -0.580. The molecule has 1 heterocycles. The fourth-order valence-corrected chi connectivity index (χ4v) is 4.07. The smallest absolute Gasteiger partial charge is 0.264 e. The maximum absolute atomic E-state index is 11.5. The molecule has 0 aromatic heterocycles. The van der Waals surface area contributed by atoms with Crippen LogP contribution in [-0.2, 0) is 38.1 Å². The van der Waals surface area contributed by atoms with Crippen LogP contribution < -0.4 is 5.32 Å². The van der Waals surface area contributed by atoms with E-state index < -0.39 is 50.5 Å². The second-order valence-corrected chi connectivity index (χ2v) is 9.60. The van der Waals surface area contributed by atoms with Crippen LogP contribution in [-0.4, -0.2) is 71.3 Å². The average Bonchev–Trinajstić information content (AvgIpc) is 2.63. The highest BCUT2D eigenvalue weighted by molar-refractivity contribution is 7.99. The number of rotatable bonds is 8. The monoisotopic (exact) mass is 391 g/mol. The Bertz CT molecular complexity index is 617. The SMILES string of the molecule is CCSC1OC(COS(C)(=O)=O)C(OS(C)(=O)=O)C1NC(C)=O. The average molecular weight is 391 g/mol. The van der Waals surface area contributed by atoms with Gasteiger partial charge < -0.3 is 10.1 Å². The van der Waals surface area contributed by atoms with Crippen LogP contribution in [0.1, 0.15) is 13.8 Å². The van der Waals surface area contributed by atoms with E-state index in [4.69, 9.17) is 8.92 Å². The summed E-state index contributed by atoms with van der Waals surface area (Å²) < 4.78 is 60.6.